The van der Waals surface area contributed by atoms with Crippen LogP contribution in [0.15, 0.2) is 18.2 Å². The average molecular weight is 302 g/mol. The van der Waals surface area contributed by atoms with Crippen molar-refractivity contribution in [3.63, 3.8) is 0 Å². The first-order valence-corrected chi connectivity index (χ1v) is 7.14. The zero-order valence-electron chi connectivity index (χ0n) is 12.1. The molecule has 0 amide bonds. The van der Waals surface area contributed by atoms with Crippen molar-refractivity contribution in [2.24, 2.45) is 5.73 Å². The van der Waals surface area contributed by atoms with Crippen molar-refractivity contribution in [1.82, 2.24) is 0 Å². The molecule has 0 aliphatic carbocycles. The minimum absolute atomic E-state index is 0.105. The van der Waals surface area contributed by atoms with Crippen molar-refractivity contribution < 1.29 is 17.9 Å². The molecular weight excluding hydrogens is 281 g/mol. The molecular formula is C15H21F3N2O. The highest BCUT2D eigenvalue weighted by atomic mass is 19.4. The summed E-state index contributed by atoms with van der Waals surface area (Å²) < 4.78 is 44.9. The maximum Gasteiger partial charge on any atom is 0.416 e. The van der Waals surface area contributed by atoms with Gasteiger partial charge in [0.2, 0.25) is 0 Å². The van der Waals surface area contributed by atoms with Crippen molar-refractivity contribution in [2.75, 3.05) is 31.6 Å². The smallest absolute Gasteiger partial charge is 0.376 e. The van der Waals surface area contributed by atoms with E-state index >= 15 is 0 Å². The Kier molecular flexibility index (Phi) is 5.11. The van der Waals surface area contributed by atoms with Gasteiger partial charge in [-0.25, -0.2) is 0 Å². The van der Waals surface area contributed by atoms with Crippen LogP contribution >= 0.6 is 0 Å². The third-order valence-electron chi connectivity index (χ3n) is 3.75. The summed E-state index contributed by atoms with van der Waals surface area (Å²) >= 11 is 0. The second-order valence-corrected chi connectivity index (χ2v) is 5.39. The van der Waals surface area contributed by atoms with E-state index in [4.69, 9.17) is 10.5 Å². The van der Waals surface area contributed by atoms with E-state index in [1.54, 1.807) is 13.1 Å². The summed E-state index contributed by atoms with van der Waals surface area (Å²) in [6, 6.07) is 4.45. The van der Waals surface area contributed by atoms with Crippen LogP contribution in [0.1, 0.15) is 24.0 Å². The van der Waals surface area contributed by atoms with Gasteiger partial charge in [-0.3, -0.25) is 0 Å². The lowest BCUT2D eigenvalue weighted by Crippen LogP contribution is -2.28. The molecule has 3 nitrogen and oxygen atoms in total. The molecule has 1 aliphatic rings. The zero-order chi connectivity index (χ0) is 15.5. The van der Waals surface area contributed by atoms with Crippen LogP contribution < -0.4 is 10.6 Å². The number of hydrogen-bond acceptors (Lipinski definition) is 3. The van der Waals surface area contributed by atoms with E-state index < -0.39 is 11.7 Å². The summed E-state index contributed by atoms with van der Waals surface area (Å²) in [5.41, 5.74) is 5.60. The molecule has 1 fully saturated rings. The van der Waals surface area contributed by atoms with Gasteiger partial charge in [0.05, 0.1) is 11.7 Å². The van der Waals surface area contributed by atoms with Crippen molar-refractivity contribution in [3.05, 3.63) is 29.3 Å². The van der Waals surface area contributed by atoms with E-state index in [9.17, 15) is 13.2 Å². The highest BCUT2D eigenvalue weighted by Gasteiger charge is 2.33. The fourth-order valence-electron chi connectivity index (χ4n) is 2.64. The fraction of sp³-hybridized carbons (Fsp3) is 0.600. The van der Waals surface area contributed by atoms with Gasteiger partial charge in [0.1, 0.15) is 0 Å². The lowest BCUT2D eigenvalue weighted by Gasteiger charge is -2.24. The molecule has 0 aromatic heterocycles. The summed E-state index contributed by atoms with van der Waals surface area (Å²) in [5, 5.41) is 0. The maximum atomic E-state index is 13.1. The van der Waals surface area contributed by atoms with E-state index in [0.29, 0.717) is 12.2 Å². The molecule has 2 N–H and O–H groups in total. The van der Waals surface area contributed by atoms with E-state index in [-0.39, 0.29) is 24.6 Å². The summed E-state index contributed by atoms with van der Waals surface area (Å²) in [5.74, 6) is 0. The van der Waals surface area contributed by atoms with Gasteiger partial charge in [0.15, 0.2) is 0 Å². The molecule has 1 unspecified atom stereocenters. The number of benzene rings is 1. The van der Waals surface area contributed by atoms with Gasteiger partial charge in [-0.15, -0.1) is 0 Å². The van der Waals surface area contributed by atoms with Crippen LogP contribution in [0, 0.1) is 0 Å². The van der Waals surface area contributed by atoms with Gasteiger partial charge in [0, 0.05) is 25.9 Å². The molecule has 1 aliphatic heterocycles. The molecule has 2 rings (SSSR count). The van der Waals surface area contributed by atoms with Crippen LogP contribution in [-0.4, -0.2) is 32.8 Å². The second-order valence-electron chi connectivity index (χ2n) is 5.39. The molecule has 0 bridgehead atoms. The number of hydrogen-bond donors (Lipinski definition) is 1. The topological polar surface area (TPSA) is 38.5 Å². The largest absolute Gasteiger partial charge is 0.416 e. The first-order chi connectivity index (χ1) is 9.91. The van der Waals surface area contributed by atoms with Crippen LogP contribution in [0.3, 0.4) is 0 Å². The van der Waals surface area contributed by atoms with E-state index in [2.05, 4.69) is 0 Å². The molecule has 21 heavy (non-hydrogen) atoms. The Morgan fingerprint density at radius 3 is 2.71 bits per heavy atom. The van der Waals surface area contributed by atoms with Gasteiger partial charge in [-0.05, 0) is 43.5 Å². The highest BCUT2D eigenvalue weighted by molar-refractivity contribution is 5.51. The Bertz CT molecular complexity index is 470. The fourth-order valence-corrected chi connectivity index (χ4v) is 2.64. The Morgan fingerprint density at radius 2 is 2.14 bits per heavy atom. The predicted octanol–water partition coefficient (Wildman–Crippen LogP) is 2.82. The van der Waals surface area contributed by atoms with Crippen molar-refractivity contribution in [1.29, 1.82) is 0 Å². The molecule has 0 spiro atoms. The van der Waals surface area contributed by atoms with Crippen molar-refractivity contribution >= 4 is 5.69 Å². The lowest BCUT2D eigenvalue weighted by molar-refractivity contribution is -0.138. The standard InChI is InChI=1S/C15H21F3N2O/c1-20(10-13-3-2-8-21-13)12-5-4-11(6-7-19)14(9-12)15(16,17)18/h4-5,9,13H,2-3,6-8,10,19H2,1H3. The number of halogens is 3. The summed E-state index contributed by atoms with van der Waals surface area (Å²) in [6.07, 6.45) is -2.05. The Balaban J connectivity index is 2.19. The van der Waals surface area contributed by atoms with E-state index in [1.165, 1.54) is 12.1 Å². The van der Waals surface area contributed by atoms with Crippen LogP contribution in [0.5, 0.6) is 0 Å². The SMILES string of the molecule is CN(CC1CCCO1)c1ccc(CCN)c(C(F)(F)F)c1. The lowest BCUT2D eigenvalue weighted by atomic mass is 10.0. The van der Waals surface area contributed by atoms with Crippen LogP contribution in [0.4, 0.5) is 18.9 Å². The molecule has 0 saturated carbocycles. The van der Waals surface area contributed by atoms with Gasteiger partial charge in [-0.2, -0.15) is 13.2 Å². The summed E-state index contributed by atoms with van der Waals surface area (Å²) in [4.78, 5) is 1.82. The summed E-state index contributed by atoms with van der Waals surface area (Å²) in [7, 11) is 1.79. The summed E-state index contributed by atoms with van der Waals surface area (Å²) in [6.45, 7) is 1.55. The minimum Gasteiger partial charge on any atom is -0.376 e. The number of likely N-dealkylation sites (N-methyl/N-ethyl adjacent to an activating group) is 1. The second kappa shape index (κ2) is 6.66. The monoisotopic (exact) mass is 302 g/mol. The Hall–Kier alpha value is -1.27. The number of rotatable bonds is 5. The number of nitrogens with zero attached hydrogens (tertiary/aromatic N) is 1. The van der Waals surface area contributed by atoms with Gasteiger partial charge in [-0.1, -0.05) is 6.07 Å². The number of anilines is 1. The van der Waals surface area contributed by atoms with E-state index in [0.717, 1.165) is 19.4 Å². The molecule has 118 valence electrons. The quantitative estimate of drug-likeness (QED) is 0.909. The van der Waals surface area contributed by atoms with Crippen LogP contribution in [-0.2, 0) is 17.3 Å². The van der Waals surface area contributed by atoms with Crippen LogP contribution in [0.2, 0.25) is 0 Å². The average Bonchev–Trinajstić information content (AvgIpc) is 2.91. The van der Waals surface area contributed by atoms with E-state index in [1.807, 2.05) is 4.90 Å². The highest BCUT2D eigenvalue weighted by Crippen LogP contribution is 2.35. The maximum absolute atomic E-state index is 13.1. The predicted molar refractivity (Wildman–Crippen MR) is 76.4 cm³/mol. The molecule has 0 radical (unpaired) electrons. The Morgan fingerprint density at radius 1 is 1.38 bits per heavy atom. The third-order valence-corrected chi connectivity index (χ3v) is 3.75. The number of ether oxygens (including phenoxy) is 1. The molecule has 6 heteroatoms. The van der Waals surface area contributed by atoms with Gasteiger partial charge < -0.3 is 15.4 Å². The molecule has 1 heterocycles. The molecule has 1 saturated heterocycles. The molecule has 1 atom stereocenters. The Labute approximate surface area is 122 Å². The van der Waals surface area contributed by atoms with Crippen LogP contribution in [0.25, 0.3) is 0 Å². The molecule has 1 aromatic carbocycles. The van der Waals surface area contributed by atoms with Crippen molar-refractivity contribution in [3.8, 4) is 0 Å². The van der Waals surface area contributed by atoms with Crippen molar-refractivity contribution in [2.45, 2.75) is 31.5 Å². The van der Waals surface area contributed by atoms with Gasteiger partial charge >= 0.3 is 6.18 Å². The zero-order valence-corrected chi connectivity index (χ0v) is 12.1. The third kappa shape index (κ3) is 4.11. The first kappa shape index (κ1) is 16.1. The number of nitrogens with two attached hydrogens (primary N) is 1. The number of alkyl halides is 3. The first-order valence-electron chi connectivity index (χ1n) is 7.14. The van der Waals surface area contributed by atoms with Gasteiger partial charge in [0.25, 0.3) is 0 Å². The normalized spacial score (nSPS) is 19.0. The minimum atomic E-state index is -4.36. The molecule has 1 aromatic rings.